The van der Waals surface area contributed by atoms with Crippen molar-refractivity contribution in [1.29, 1.82) is 0 Å². The summed E-state index contributed by atoms with van der Waals surface area (Å²) in [7, 11) is -3.13. The largest absolute Gasteiger partial charge is 0.337 e. The van der Waals surface area contributed by atoms with E-state index < -0.39 is 10.0 Å². The van der Waals surface area contributed by atoms with E-state index >= 15 is 0 Å². The zero-order valence-electron chi connectivity index (χ0n) is 11.1. The molecule has 0 radical (unpaired) electrons. The van der Waals surface area contributed by atoms with Crippen LogP contribution in [0.3, 0.4) is 0 Å². The third-order valence-electron chi connectivity index (χ3n) is 3.99. The fourth-order valence-electron chi connectivity index (χ4n) is 2.96. The van der Waals surface area contributed by atoms with Crippen LogP contribution in [-0.2, 0) is 10.0 Å². The van der Waals surface area contributed by atoms with Crippen LogP contribution in [0.2, 0.25) is 0 Å². The first-order chi connectivity index (χ1) is 9.45. The van der Waals surface area contributed by atoms with Crippen molar-refractivity contribution in [2.45, 2.75) is 0 Å². The second-order valence-electron chi connectivity index (χ2n) is 5.40. The average molecular weight is 296 g/mol. The van der Waals surface area contributed by atoms with Crippen LogP contribution in [0.15, 0.2) is 18.6 Å². The number of carbonyl (C=O) groups excluding carboxylic acids is 1. The van der Waals surface area contributed by atoms with Crippen LogP contribution >= 0.6 is 0 Å². The van der Waals surface area contributed by atoms with Crippen LogP contribution in [0.5, 0.6) is 0 Å². The predicted octanol–water partition coefficient (Wildman–Crippen LogP) is -0.560. The van der Waals surface area contributed by atoms with Gasteiger partial charge in [-0.05, 0) is 11.8 Å². The molecule has 2 saturated heterocycles. The molecule has 2 atom stereocenters. The van der Waals surface area contributed by atoms with Gasteiger partial charge >= 0.3 is 0 Å². The van der Waals surface area contributed by atoms with Crippen LogP contribution in [-0.4, -0.2) is 65.9 Å². The number of amides is 1. The fourth-order valence-corrected chi connectivity index (χ4v) is 3.88. The smallest absolute Gasteiger partial charge is 0.274 e. The Balaban J connectivity index is 1.68. The summed E-state index contributed by atoms with van der Waals surface area (Å²) >= 11 is 0. The predicted molar refractivity (Wildman–Crippen MR) is 71.3 cm³/mol. The van der Waals surface area contributed by atoms with Gasteiger partial charge in [0.25, 0.3) is 5.91 Å². The first kappa shape index (κ1) is 13.4. The summed E-state index contributed by atoms with van der Waals surface area (Å²) in [4.78, 5) is 21.9. The Labute approximate surface area is 117 Å². The normalized spacial score (nSPS) is 26.8. The Morgan fingerprint density at radius 1 is 1.20 bits per heavy atom. The molecule has 0 unspecified atom stereocenters. The van der Waals surface area contributed by atoms with Gasteiger partial charge in [-0.25, -0.2) is 17.7 Å². The number of hydrogen-bond acceptors (Lipinski definition) is 5. The van der Waals surface area contributed by atoms with Gasteiger partial charge in [0.15, 0.2) is 0 Å². The van der Waals surface area contributed by atoms with Gasteiger partial charge in [0, 0.05) is 38.6 Å². The molecule has 7 nitrogen and oxygen atoms in total. The SMILES string of the molecule is CS(=O)(=O)N1C[C@H]2CN(C(=O)c3cnccn3)C[C@H]2C1. The van der Waals surface area contributed by atoms with E-state index in [9.17, 15) is 13.2 Å². The van der Waals surface area contributed by atoms with Crippen molar-refractivity contribution in [2.75, 3.05) is 32.4 Å². The maximum atomic E-state index is 12.2. The van der Waals surface area contributed by atoms with Crippen molar-refractivity contribution in [3.63, 3.8) is 0 Å². The molecule has 2 aliphatic rings. The molecule has 0 N–H and O–H groups in total. The van der Waals surface area contributed by atoms with Crippen LogP contribution in [0, 0.1) is 11.8 Å². The summed E-state index contributed by atoms with van der Waals surface area (Å²) in [6, 6.07) is 0. The molecule has 2 aliphatic heterocycles. The number of rotatable bonds is 2. The van der Waals surface area contributed by atoms with Gasteiger partial charge in [-0.2, -0.15) is 0 Å². The fraction of sp³-hybridized carbons (Fsp3) is 0.583. The van der Waals surface area contributed by atoms with Gasteiger partial charge < -0.3 is 4.90 Å². The maximum Gasteiger partial charge on any atom is 0.274 e. The molecule has 3 rings (SSSR count). The summed E-state index contributed by atoms with van der Waals surface area (Å²) in [5, 5.41) is 0. The highest BCUT2D eigenvalue weighted by Gasteiger charge is 2.44. The lowest BCUT2D eigenvalue weighted by Gasteiger charge is -2.19. The van der Waals surface area contributed by atoms with Crippen LogP contribution in [0.25, 0.3) is 0 Å². The minimum absolute atomic E-state index is 0.126. The lowest BCUT2D eigenvalue weighted by molar-refractivity contribution is 0.0772. The third kappa shape index (κ3) is 2.40. The molecule has 1 amide bonds. The highest BCUT2D eigenvalue weighted by atomic mass is 32.2. The zero-order chi connectivity index (χ0) is 14.3. The van der Waals surface area contributed by atoms with E-state index in [1.54, 1.807) is 4.90 Å². The Kier molecular flexibility index (Phi) is 3.21. The molecule has 0 aliphatic carbocycles. The number of likely N-dealkylation sites (tertiary alicyclic amines) is 1. The quantitative estimate of drug-likeness (QED) is 0.730. The van der Waals surface area contributed by atoms with Gasteiger partial charge in [0.1, 0.15) is 5.69 Å². The minimum atomic E-state index is -3.13. The highest BCUT2D eigenvalue weighted by molar-refractivity contribution is 7.88. The Morgan fingerprint density at radius 2 is 1.85 bits per heavy atom. The van der Waals surface area contributed by atoms with Crippen molar-refractivity contribution in [3.05, 3.63) is 24.3 Å². The number of nitrogens with zero attached hydrogens (tertiary/aromatic N) is 4. The highest BCUT2D eigenvalue weighted by Crippen LogP contribution is 2.32. The van der Waals surface area contributed by atoms with Gasteiger partial charge in [-0.1, -0.05) is 0 Å². The van der Waals surface area contributed by atoms with E-state index in [-0.39, 0.29) is 17.7 Å². The van der Waals surface area contributed by atoms with Crippen molar-refractivity contribution >= 4 is 15.9 Å². The molecule has 0 saturated carbocycles. The Morgan fingerprint density at radius 3 is 2.35 bits per heavy atom. The van der Waals surface area contributed by atoms with E-state index in [2.05, 4.69) is 9.97 Å². The first-order valence-electron chi connectivity index (χ1n) is 6.45. The molecule has 0 bridgehead atoms. The number of sulfonamides is 1. The first-order valence-corrected chi connectivity index (χ1v) is 8.30. The number of fused-ring (bicyclic) bond motifs is 1. The number of carbonyl (C=O) groups is 1. The summed E-state index contributed by atoms with van der Waals surface area (Å²) in [6.07, 6.45) is 5.71. The molecule has 0 aromatic carbocycles. The van der Waals surface area contributed by atoms with E-state index in [0.29, 0.717) is 31.9 Å². The van der Waals surface area contributed by atoms with Crippen LogP contribution < -0.4 is 0 Å². The Hall–Kier alpha value is -1.54. The van der Waals surface area contributed by atoms with Gasteiger partial charge in [0.05, 0.1) is 12.5 Å². The molecule has 3 heterocycles. The second-order valence-corrected chi connectivity index (χ2v) is 7.38. The lowest BCUT2D eigenvalue weighted by atomic mass is 10.0. The van der Waals surface area contributed by atoms with E-state index in [0.717, 1.165) is 0 Å². The topological polar surface area (TPSA) is 83.5 Å². The lowest BCUT2D eigenvalue weighted by Crippen LogP contribution is -2.35. The van der Waals surface area contributed by atoms with Crippen LogP contribution in [0.1, 0.15) is 10.5 Å². The monoisotopic (exact) mass is 296 g/mol. The van der Waals surface area contributed by atoms with Gasteiger partial charge in [0.2, 0.25) is 10.0 Å². The van der Waals surface area contributed by atoms with Gasteiger partial charge in [-0.3, -0.25) is 9.78 Å². The van der Waals surface area contributed by atoms with Crippen molar-refractivity contribution in [1.82, 2.24) is 19.2 Å². The molecule has 0 spiro atoms. The average Bonchev–Trinajstić information content (AvgIpc) is 2.96. The summed E-state index contributed by atoms with van der Waals surface area (Å²) < 4.78 is 24.6. The van der Waals surface area contributed by atoms with Crippen molar-refractivity contribution < 1.29 is 13.2 Å². The molecular formula is C12H16N4O3S. The van der Waals surface area contributed by atoms with E-state index in [4.69, 9.17) is 0 Å². The summed E-state index contributed by atoms with van der Waals surface area (Å²) in [5.41, 5.74) is 0.340. The Bertz CT molecular complexity index is 605. The maximum absolute atomic E-state index is 12.2. The molecule has 8 heteroatoms. The molecular weight excluding hydrogens is 280 g/mol. The summed E-state index contributed by atoms with van der Waals surface area (Å²) in [5.74, 6) is 0.328. The molecule has 1 aromatic rings. The standard InChI is InChI=1S/C12H16N4O3S/c1-20(18,19)16-7-9-5-15(6-10(9)8-16)12(17)11-4-13-2-3-14-11/h2-4,9-10H,5-8H2,1H3/t9-,10+. The second kappa shape index (κ2) is 4.78. The van der Waals surface area contributed by atoms with E-state index in [1.165, 1.54) is 29.2 Å². The van der Waals surface area contributed by atoms with Gasteiger partial charge in [-0.15, -0.1) is 0 Å². The summed E-state index contributed by atoms with van der Waals surface area (Å²) in [6.45, 7) is 2.19. The van der Waals surface area contributed by atoms with Crippen molar-refractivity contribution in [2.24, 2.45) is 11.8 Å². The number of hydrogen-bond donors (Lipinski definition) is 0. The molecule has 2 fully saturated rings. The third-order valence-corrected chi connectivity index (χ3v) is 5.23. The van der Waals surface area contributed by atoms with Crippen molar-refractivity contribution in [3.8, 4) is 0 Å². The minimum Gasteiger partial charge on any atom is -0.337 e. The molecule has 20 heavy (non-hydrogen) atoms. The molecule has 1 aromatic heterocycles. The van der Waals surface area contributed by atoms with Crippen LogP contribution in [0.4, 0.5) is 0 Å². The molecule has 108 valence electrons. The number of aromatic nitrogens is 2. The van der Waals surface area contributed by atoms with E-state index in [1.807, 2.05) is 0 Å². The zero-order valence-corrected chi connectivity index (χ0v) is 12.0.